The molecule has 1 aromatic rings. The minimum absolute atomic E-state index is 0.270. The second-order valence-corrected chi connectivity index (χ2v) is 6.35. The van der Waals surface area contributed by atoms with Gasteiger partial charge in [0.25, 0.3) is 0 Å². The Morgan fingerprint density at radius 2 is 1.67 bits per heavy atom. The Kier molecular flexibility index (Phi) is 6.19. The van der Waals surface area contributed by atoms with Crippen molar-refractivity contribution >= 4 is 5.84 Å². The van der Waals surface area contributed by atoms with Crippen molar-refractivity contribution in [1.82, 2.24) is 4.90 Å². The molecule has 0 fully saturated rings. The Morgan fingerprint density at radius 3 is 2.05 bits per heavy atom. The summed E-state index contributed by atoms with van der Waals surface area (Å²) < 4.78 is 0. The van der Waals surface area contributed by atoms with Gasteiger partial charge in [0.2, 0.25) is 0 Å². The number of aliphatic imine (C=N–C) groups is 1. The van der Waals surface area contributed by atoms with Crippen LogP contribution in [-0.2, 0) is 0 Å². The monoisotopic (exact) mass is 286 g/mol. The van der Waals surface area contributed by atoms with Gasteiger partial charge in [-0.05, 0) is 59.6 Å². The van der Waals surface area contributed by atoms with E-state index < -0.39 is 0 Å². The van der Waals surface area contributed by atoms with Gasteiger partial charge in [-0.1, -0.05) is 23.8 Å². The number of rotatable bonds is 5. The first-order valence-electron chi connectivity index (χ1n) is 7.81. The fraction of sp³-hybridized carbons (Fsp3) is 0.526. The molecule has 116 valence electrons. The molecule has 0 saturated heterocycles. The summed E-state index contributed by atoms with van der Waals surface area (Å²) >= 11 is 0. The van der Waals surface area contributed by atoms with Gasteiger partial charge in [0.05, 0.1) is 0 Å². The first-order chi connectivity index (χ1) is 9.77. The second-order valence-electron chi connectivity index (χ2n) is 6.35. The summed E-state index contributed by atoms with van der Waals surface area (Å²) in [6.45, 7) is 19.9. The van der Waals surface area contributed by atoms with E-state index >= 15 is 0 Å². The molecule has 1 aromatic carbocycles. The molecule has 0 radical (unpaired) electrons. The molecule has 0 aliphatic heterocycles. The van der Waals surface area contributed by atoms with Crippen LogP contribution in [0.2, 0.25) is 0 Å². The molecule has 0 atom stereocenters. The number of amidine groups is 1. The molecular formula is C19H30N2. The van der Waals surface area contributed by atoms with Crippen LogP contribution in [0.3, 0.4) is 0 Å². The highest BCUT2D eigenvalue weighted by atomic mass is 15.2. The fourth-order valence-electron chi connectivity index (χ4n) is 2.74. The van der Waals surface area contributed by atoms with Crippen molar-refractivity contribution in [3.8, 4) is 0 Å². The van der Waals surface area contributed by atoms with Crippen LogP contribution in [0.25, 0.3) is 0 Å². The Bertz CT molecular complexity index is 501. The molecule has 21 heavy (non-hydrogen) atoms. The second kappa shape index (κ2) is 7.44. The van der Waals surface area contributed by atoms with Gasteiger partial charge in [-0.15, -0.1) is 6.58 Å². The third-order valence-electron chi connectivity index (χ3n) is 3.50. The average Bonchev–Trinajstić information content (AvgIpc) is 2.32. The summed E-state index contributed by atoms with van der Waals surface area (Å²) in [5.74, 6) is 1.09. The largest absolute Gasteiger partial charge is 0.350 e. The zero-order chi connectivity index (χ0) is 16.2. The molecule has 0 N–H and O–H groups in total. The van der Waals surface area contributed by atoms with Gasteiger partial charge in [-0.3, -0.25) is 4.99 Å². The van der Waals surface area contributed by atoms with E-state index in [-0.39, 0.29) is 6.04 Å². The molecule has 2 heteroatoms. The van der Waals surface area contributed by atoms with E-state index in [1.54, 1.807) is 0 Å². The van der Waals surface area contributed by atoms with Crippen molar-refractivity contribution in [2.24, 2.45) is 4.99 Å². The first-order valence-corrected chi connectivity index (χ1v) is 7.81. The van der Waals surface area contributed by atoms with Gasteiger partial charge < -0.3 is 4.90 Å². The smallest absolute Gasteiger partial charge is 0.132 e. The van der Waals surface area contributed by atoms with Crippen LogP contribution in [0.4, 0.5) is 0 Å². The van der Waals surface area contributed by atoms with Gasteiger partial charge in [0.1, 0.15) is 5.84 Å². The van der Waals surface area contributed by atoms with E-state index in [2.05, 4.69) is 72.1 Å². The fourth-order valence-corrected chi connectivity index (χ4v) is 2.74. The van der Waals surface area contributed by atoms with Crippen LogP contribution >= 0.6 is 0 Å². The zero-order valence-electron chi connectivity index (χ0n) is 14.7. The third kappa shape index (κ3) is 4.45. The van der Waals surface area contributed by atoms with Crippen molar-refractivity contribution in [2.75, 3.05) is 6.54 Å². The van der Waals surface area contributed by atoms with Crippen LogP contribution in [0, 0.1) is 20.8 Å². The van der Waals surface area contributed by atoms with Crippen molar-refractivity contribution in [1.29, 1.82) is 0 Å². The highest BCUT2D eigenvalue weighted by Gasteiger charge is 2.19. The minimum atomic E-state index is 0.270. The third-order valence-corrected chi connectivity index (χ3v) is 3.50. The van der Waals surface area contributed by atoms with Gasteiger partial charge in [-0.25, -0.2) is 0 Å². The van der Waals surface area contributed by atoms with E-state index in [0.29, 0.717) is 6.04 Å². The molecule has 0 aliphatic rings. The summed E-state index contributed by atoms with van der Waals surface area (Å²) in [6.07, 6.45) is 1.95. The maximum Gasteiger partial charge on any atom is 0.132 e. The minimum Gasteiger partial charge on any atom is -0.350 e. The van der Waals surface area contributed by atoms with Gasteiger partial charge in [0.15, 0.2) is 0 Å². The normalized spacial score (nSPS) is 12.1. The lowest BCUT2D eigenvalue weighted by atomic mass is 9.97. The van der Waals surface area contributed by atoms with Gasteiger partial charge in [-0.2, -0.15) is 0 Å². The molecule has 0 bridgehead atoms. The maximum absolute atomic E-state index is 4.93. The standard InChI is InChI=1S/C19H30N2/c1-9-10-21(14(4)5)19(20-13(2)3)18-16(7)11-15(6)12-17(18)8/h9,11-14H,1,10H2,2-8H3. The lowest BCUT2D eigenvalue weighted by Crippen LogP contribution is -2.39. The molecule has 0 aliphatic carbocycles. The van der Waals surface area contributed by atoms with Crippen molar-refractivity contribution < 1.29 is 0 Å². The molecule has 2 nitrogen and oxygen atoms in total. The highest BCUT2D eigenvalue weighted by molar-refractivity contribution is 6.01. The molecule has 0 aromatic heterocycles. The van der Waals surface area contributed by atoms with Gasteiger partial charge in [0, 0.05) is 24.2 Å². The molecular weight excluding hydrogens is 256 g/mol. The van der Waals surface area contributed by atoms with Crippen molar-refractivity contribution in [2.45, 2.75) is 60.5 Å². The summed E-state index contributed by atoms with van der Waals surface area (Å²) in [4.78, 5) is 7.26. The van der Waals surface area contributed by atoms with E-state index in [9.17, 15) is 0 Å². The Balaban J connectivity index is 3.49. The summed E-state index contributed by atoms with van der Waals surface area (Å²) in [6, 6.07) is 5.14. The van der Waals surface area contributed by atoms with E-state index in [0.717, 1.165) is 12.4 Å². The average molecular weight is 286 g/mol. The zero-order valence-corrected chi connectivity index (χ0v) is 14.7. The predicted octanol–water partition coefficient (Wildman–Crippen LogP) is 4.66. The molecule has 0 heterocycles. The first kappa shape index (κ1) is 17.5. The summed E-state index contributed by atoms with van der Waals surface area (Å²) in [7, 11) is 0. The Hall–Kier alpha value is -1.57. The summed E-state index contributed by atoms with van der Waals surface area (Å²) in [5, 5.41) is 0. The quantitative estimate of drug-likeness (QED) is 0.436. The predicted molar refractivity (Wildman–Crippen MR) is 94.4 cm³/mol. The van der Waals surface area contributed by atoms with Crippen LogP contribution in [0.5, 0.6) is 0 Å². The van der Waals surface area contributed by atoms with E-state index in [1.807, 2.05) is 6.08 Å². The molecule has 0 amide bonds. The topological polar surface area (TPSA) is 15.6 Å². The number of benzene rings is 1. The molecule has 0 saturated carbocycles. The van der Waals surface area contributed by atoms with Crippen LogP contribution in [0.15, 0.2) is 29.8 Å². The lowest BCUT2D eigenvalue weighted by molar-refractivity contribution is 0.381. The highest BCUT2D eigenvalue weighted by Crippen LogP contribution is 2.21. The van der Waals surface area contributed by atoms with Crippen molar-refractivity contribution in [3.05, 3.63) is 47.0 Å². The number of hydrogen-bond donors (Lipinski definition) is 0. The Labute approximate surface area is 130 Å². The maximum atomic E-state index is 4.93. The summed E-state index contributed by atoms with van der Waals surface area (Å²) in [5.41, 5.74) is 5.16. The Morgan fingerprint density at radius 1 is 1.14 bits per heavy atom. The van der Waals surface area contributed by atoms with Gasteiger partial charge >= 0.3 is 0 Å². The number of aryl methyl sites for hydroxylation is 3. The number of nitrogens with zero attached hydrogens (tertiary/aromatic N) is 2. The van der Waals surface area contributed by atoms with Crippen LogP contribution in [0.1, 0.15) is 49.9 Å². The van der Waals surface area contributed by atoms with E-state index in [1.165, 1.54) is 22.3 Å². The SMILES string of the molecule is C=CCN(C(=NC(C)C)c1c(C)cc(C)cc1C)C(C)C. The van der Waals surface area contributed by atoms with Crippen LogP contribution < -0.4 is 0 Å². The number of hydrogen-bond acceptors (Lipinski definition) is 1. The molecule has 0 unspecified atom stereocenters. The lowest BCUT2D eigenvalue weighted by Gasteiger charge is -2.31. The van der Waals surface area contributed by atoms with Crippen molar-refractivity contribution in [3.63, 3.8) is 0 Å². The molecule has 1 rings (SSSR count). The van der Waals surface area contributed by atoms with Crippen LogP contribution in [-0.4, -0.2) is 29.4 Å². The van der Waals surface area contributed by atoms with E-state index in [4.69, 9.17) is 4.99 Å². The molecule has 0 spiro atoms.